The Morgan fingerprint density at radius 3 is 1.01 bits per heavy atom. The molecular formula is C80H53N5. The highest BCUT2D eigenvalue weighted by Gasteiger charge is 2.24. The zero-order valence-electron chi connectivity index (χ0n) is 46.9. The maximum Gasteiger partial charge on any atom is 0.0641 e. The Morgan fingerprint density at radius 1 is 0.188 bits per heavy atom. The van der Waals surface area contributed by atoms with Gasteiger partial charge in [0.15, 0.2) is 0 Å². The Labute approximate surface area is 489 Å². The van der Waals surface area contributed by atoms with E-state index in [1.54, 1.807) is 0 Å². The molecule has 18 rings (SSSR count). The van der Waals surface area contributed by atoms with Crippen LogP contribution in [0.5, 0.6) is 0 Å². The van der Waals surface area contributed by atoms with Gasteiger partial charge in [-0.05, 0) is 156 Å². The van der Waals surface area contributed by atoms with Crippen molar-refractivity contribution in [1.29, 1.82) is 0 Å². The van der Waals surface area contributed by atoms with Gasteiger partial charge < -0.3 is 22.8 Å². The molecule has 5 nitrogen and oxygen atoms in total. The molecule has 0 saturated heterocycles. The standard InChI is InChI=1S/C80H53N5/c1-50-47-55(82-68-33-12-6-25-59(68)60-26-7-13-34-69(60)82)41-43-57(50)58-44-42-56(48-51(58)2)84-72-37-16-10-29-66(72)78-63(32-20-40-75(78)84)62-31-19-39-74-77(62)65-28-9-15-36-71(65)83(74)53-23-18-24-54(49-53)85-70-35-14-8-27-61(70)64-45-46-76-79(80(64)85)67-30-11-17-38-73(67)81(76)52-21-4-3-5-22-52/h3-49H,1-2H3. The lowest BCUT2D eigenvalue weighted by atomic mass is 9.95. The van der Waals surface area contributed by atoms with Crippen molar-refractivity contribution in [2.45, 2.75) is 13.8 Å². The molecule has 0 aliphatic rings. The zero-order chi connectivity index (χ0) is 56.0. The summed E-state index contributed by atoms with van der Waals surface area (Å²) in [6.07, 6.45) is 0. The predicted molar refractivity (Wildman–Crippen MR) is 358 cm³/mol. The molecule has 18 aromatic rings. The van der Waals surface area contributed by atoms with Gasteiger partial charge in [0, 0.05) is 82.3 Å². The first-order valence-electron chi connectivity index (χ1n) is 29.4. The van der Waals surface area contributed by atoms with Gasteiger partial charge in [-0.1, -0.05) is 176 Å². The molecule has 13 aromatic carbocycles. The molecule has 0 N–H and O–H groups in total. The van der Waals surface area contributed by atoms with E-state index >= 15 is 0 Å². The van der Waals surface area contributed by atoms with E-state index in [9.17, 15) is 0 Å². The van der Waals surface area contributed by atoms with Crippen molar-refractivity contribution in [3.05, 3.63) is 296 Å². The summed E-state index contributed by atoms with van der Waals surface area (Å²) in [5.41, 5.74) is 25.0. The van der Waals surface area contributed by atoms with Crippen LogP contribution in [-0.2, 0) is 0 Å². The quantitative estimate of drug-likeness (QED) is 0.152. The zero-order valence-corrected chi connectivity index (χ0v) is 46.9. The van der Waals surface area contributed by atoms with Crippen molar-refractivity contribution in [3.8, 4) is 50.7 Å². The molecule has 0 aliphatic carbocycles. The molecule has 0 spiro atoms. The molecule has 398 valence electrons. The molecule has 85 heavy (non-hydrogen) atoms. The third-order valence-electron chi connectivity index (χ3n) is 18.3. The first-order chi connectivity index (χ1) is 42.1. The largest absolute Gasteiger partial charge is 0.309 e. The molecule has 0 amide bonds. The molecular weight excluding hydrogens is 1030 g/mol. The number of para-hydroxylation sites is 7. The van der Waals surface area contributed by atoms with Gasteiger partial charge in [-0.3, -0.25) is 0 Å². The van der Waals surface area contributed by atoms with Gasteiger partial charge in [-0.25, -0.2) is 0 Å². The summed E-state index contributed by atoms with van der Waals surface area (Å²) in [7, 11) is 0. The third-order valence-corrected chi connectivity index (χ3v) is 18.3. The van der Waals surface area contributed by atoms with E-state index in [2.05, 4.69) is 322 Å². The van der Waals surface area contributed by atoms with Crippen molar-refractivity contribution in [2.75, 3.05) is 0 Å². The number of hydrogen-bond donors (Lipinski definition) is 0. The molecule has 5 aromatic heterocycles. The number of benzene rings is 13. The second kappa shape index (κ2) is 18.2. The number of aryl methyl sites for hydroxylation is 2. The van der Waals surface area contributed by atoms with E-state index in [0.717, 1.165) is 28.3 Å². The van der Waals surface area contributed by atoms with Crippen LogP contribution in [-0.4, -0.2) is 22.8 Å². The van der Waals surface area contributed by atoms with Crippen molar-refractivity contribution in [1.82, 2.24) is 22.8 Å². The molecule has 0 aliphatic heterocycles. The van der Waals surface area contributed by atoms with Gasteiger partial charge in [0.25, 0.3) is 0 Å². The molecule has 5 heteroatoms. The van der Waals surface area contributed by atoms with Gasteiger partial charge in [-0.15, -0.1) is 0 Å². The Kier molecular flexibility index (Phi) is 10.2. The summed E-state index contributed by atoms with van der Waals surface area (Å²) in [6, 6.07) is 105. The molecule has 0 atom stereocenters. The van der Waals surface area contributed by atoms with Crippen LogP contribution in [0.1, 0.15) is 11.1 Å². The molecule has 0 unspecified atom stereocenters. The second-order valence-corrected chi connectivity index (χ2v) is 22.9. The number of rotatable bonds is 7. The van der Waals surface area contributed by atoms with Crippen LogP contribution in [0, 0.1) is 13.8 Å². The van der Waals surface area contributed by atoms with E-state index in [4.69, 9.17) is 0 Å². The Morgan fingerprint density at radius 2 is 0.518 bits per heavy atom. The average Bonchev–Trinajstić information content (AvgIpc) is 1.86. The van der Waals surface area contributed by atoms with Crippen molar-refractivity contribution >= 4 is 109 Å². The van der Waals surface area contributed by atoms with Crippen LogP contribution in [0.25, 0.3) is 160 Å². The lowest BCUT2D eigenvalue weighted by Gasteiger charge is -2.16. The van der Waals surface area contributed by atoms with Crippen LogP contribution < -0.4 is 0 Å². The summed E-state index contributed by atoms with van der Waals surface area (Å²) in [5, 5.41) is 12.4. The first-order valence-corrected chi connectivity index (χ1v) is 29.4. The van der Waals surface area contributed by atoms with Crippen molar-refractivity contribution in [2.24, 2.45) is 0 Å². The molecule has 0 saturated carbocycles. The van der Waals surface area contributed by atoms with Gasteiger partial charge in [0.2, 0.25) is 0 Å². The highest BCUT2D eigenvalue weighted by atomic mass is 15.0. The van der Waals surface area contributed by atoms with Gasteiger partial charge in [-0.2, -0.15) is 0 Å². The minimum atomic E-state index is 1.11. The topological polar surface area (TPSA) is 24.6 Å². The van der Waals surface area contributed by atoms with Gasteiger partial charge >= 0.3 is 0 Å². The second-order valence-electron chi connectivity index (χ2n) is 22.9. The van der Waals surface area contributed by atoms with Crippen LogP contribution >= 0.6 is 0 Å². The van der Waals surface area contributed by atoms with E-state index < -0.39 is 0 Å². The third kappa shape index (κ3) is 6.81. The summed E-state index contributed by atoms with van der Waals surface area (Å²) >= 11 is 0. The van der Waals surface area contributed by atoms with Crippen LogP contribution in [0.2, 0.25) is 0 Å². The fourth-order valence-electron chi connectivity index (χ4n) is 14.8. The van der Waals surface area contributed by atoms with Crippen LogP contribution in [0.15, 0.2) is 285 Å². The lowest BCUT2D eigenvalue weighted by Crippen LogP contribution is -1.99. The van der Waals surface area contributed by atoms with E-state index in [-0.39, 0.29) is 0 Å². The molecule has 0 radical (unpaired) electrons. The predicted octanol–water partition coefficient (Wildman–Crippen LogP) is 21.1. The lowest BCUT2D eigenvalue weighted by molar-refractivity contribution is 1.14. The normalized spacial score (nSPS) is 12.1. The monoisotopic (exact) mass is 1080 g/mol. The summed E-state index contributed by atoms with van der Waals surface area (Å²) in [5.74, 6) is 0. The Hall–Kier alpha value is -11.1. The summed E-state index contributed by atoms with van der Waals surface area (Å²) in [4.78, 5) is 0. The van der Waals surface area contributed by atoms with Crippen molar-refractivity contribution in [3.63, 3.8) is 0 Å². The highest BCUT2D eigenvalue weighted by Crippen LogP contribution is 2.47. The smallest absolute Gasteiger partial charge is 0.0641 e. The van der Waals surface area contributed by atoms with E-state index in [1.807, 2.05) is 0 Å². The maximum absolute atomic E-state index is 2.51. The van der Waals surface area contributed by atoms with Crippen molar-refractivity contribution < 1.29 is 0 Å². The SMILES string of the molecule is Cc1cc(-n2c3ccccc3c3ccccc32)ccc1-c1ccc(-n2c3ccccc3c3c(-c4cccc5c4c4ccccc4n5-c4cccc(-n5c6ccccc6c6ccc7c(c8ccccc8n7-c7ccccc7)c65)c4)cccc32)cc1C. The fourth-order valence-corrected chi connectivity index (χ4v) is 14.8. The van der Waals surface area contributed by atoms with E-state index in [0.29, 0.717) is 0 Å². The minimum Gasteiger partial charge on any atom is -0.309 e. The number of aromatic nitrogens is 5. The maximum atomic E-state index is 2.51. The summed E-state index contributed by atoms with van der Waals surface area (Å²) in [6.45, 7) is 4.51. The Balaban J connectivity index is 0.781. The molecule has 5 heterocycles. The van der Waals surface area contributed by atoms with Crippen LogP contribution in [0.3, 0.4) is 0 Å². The number of nitrogens with zero attached hydrogens (tertiary/aromatic N) is 5. The Bertz CT molecular complexity index is 5760. The van der Waals surface area contributed by atoms with Gasteiger partial charge in [0.05, 0.1) is 55.2 Å². The number of fused-ring (bicyclic) bond motifs is 16. The highest BCUT2D eigenvalue weighted by molar-refractivity contribution is 6.27. The minimum absolute atomic E-state index is 1.11. The van der Waals surface area contributed by atoms with E-state index in [1.165, 1.54) is 143 Å². The number of hydrogen-bond acceptors (Lipinski definition) is 0. The average molecular weight is 1080 g/mol. The van der Waals surface area contributed by atoms with Gasteiger partial charge in [0.1, 0.15) is 0 Å². The fraction of sp³-hybridized carbons (Fsp3) is 0.0250. The molecule has 0 bridgehead atoms. The van der Waals surface area contributed by atoms with Crippen LogP contribution in [0.4, 0.5) is 0 Å². The first kappa shape index (κ1) is 47.5. The summed E-state index contributed by atoms with van der Waals surface area (Å²) < 4.78 is 12.3. The molecule has 0 fully saturated rings.